The van der Waals surface area contributed by atoms with Crippen LogP contribution in [0, 0.1) is 0 Å². The van der Waals surface area contributed by atoms with Crippen molar-refractivity contribution >= 4 is 11.7 Å². The highest BCUT2D eigenvalue weighted by Crippen LogP contribution is 2.20. The second-order valence-electron chi connectivity index (χ2n) is 4.07. The Morgan fingerprint density at radius 2 is 1.63 bits per heavy atom. The van der Waals surface area contributed by atoms with E-state index in [0.717, 1.165) is 11.1 Å². The monoisotopic (exact) mass is 252 g/mol. The van der Waals surface area contributed by atoms with Gasteiger partial charge in [0.25, 0.3) is 0 Å². The van der Waals surface area contributed by atoms with E-state index in [1.165, 1.54) is 0 Å². The molecule has 0 bridgehead atoms. The number of phenolic OH excluding ortho intramolecular Hbond substituents is 1. The van der Waals surface area contributed by atoms with Gasteiger partial charge in [-0.1, -0.05) is 30.3 Å². The largest absolute Gasteiger partial charge is 0.508 e. The topological polar surface area (TPSA) is 53.9 Å². The van der Waals surface area contributed by atoms with Crippen LogP contribution in [0.1, 0.15) is 11.1 Å². The zero-order chi connectivity index (χ0) is 13.1. The molecule has 2 N–H and O–H groups in total. The average Bonchev–Trinajstić information content (AvgIpc) is 2.49. The molecule has 0 atom stereocenters. The number of ether oxygens (including phenoxy) is 1. The lowest BCUT2D eigenvalue weighted by atomic mass is 10.2. The number of benzene rings is 2. The lowest BCUT2D eigenvalue weighted by molar-refractivity contribution is 0.474. The first-order valence-electron chi connectivity index (χ1n) is 5.89. The molecule has 0 aliphatic carbocycles. The van der Waals surface area contributed by atoms with Crippen LogP contribution in [0.25, 0.3) is 5.76 Å². The van der Waals surface area contributed by atoms with Gasteiger partial charge in [-0.05, 0) is 24.3 Å². The zero-order valence-corrected chi connectivity index (χ0v) is 10.1. The number of nitrogens with zero attached hydrogens (tertiary/aromatic N) is 1. The van der Waals surface area contributed by atoms with E-state index in [4.69, 9.17) is 4.74 Å². The van der Waals surface area contributed by atoms with E-state index < -0.39 is 0 Å². The van der Waals surface area contributed by atoms with E-state index in [2.05, 4.69) is 10.5 Å². The second kappa shape index (κ2) is 4.86. The Hall–Kier alpha value is -2.75. The Bertz CT molecular complexity index is 631. The third-order valence-corrected chi connectivity index (χ3v) is 2.74. The molecule has 94 valence electrons. The standard InChI is InChI=1S/C15H12N2O2/c18-13-8-6-12(7-9-13)15-17-16-10-14(19-15)11-4-2-1-3-5-11/h1-10,16,18H. The van der Waals surface area contributed by atoms with Crippen LogP contribution in [0.3, 0.4) is 0 Å². The van der Waals surface area contributed by atoms with Gasteiger partial charge in [0.15, 0.2) is 5.76 Å². The Balaban J connectivity index is 1.84. The van der Waals surface area contributed by atoms with Crippen LogP contribution >= 0.6 is 0 Å². The van der Waals surface area contributed by atoms with E-state index in [0.29, 0.717) is 11.7 Å². The van der Waals surface area contributed by atoms with Crippen molar-refractivity contribution in [1.29, 1.82) is 0 Å². The molecule has 0 unspecified atom stereocenters. The van der Waals surface area contributed by atoms with E-state index in [1.807, 2.05) is 30.3 Å². The summed E-state index contributed by atoms with van der Waals surface area (Å²) in [5, 5.41) is 13.4. The van der Waals surface area contributed by atoms with Gasteiger partial charge in [0, 0.05) is 11.1 Å². The molecule has 0 saturated heterocycles. The summed E-state index contributed by atoms with van der Waals surface area (Å²) >= 11 is 0. The molecule has 4 heteroatoms. The summed E-state index contributed by atoms with van der Waals surface area (Å²) in [5.41, 5.74) is 4.61. The minimum atomic E-state index is 0.215. The van der Waals surface area contributed by atoms with Gasteiger partial charge in [0.2, 0.25) is 5.90 Å². The highest BCUT2D eigenvalue weighted by atomic mass is 16.5. The maximum Gasteiger partial charge on any atom is 0.243 e. The Morgan fingerprint density at radius 3 is 2.37 bits per heavy atom. The second-order valence-corrected chi connectivity index (χ2v) is 4.07. The summed E-state index contributed by atoms with van der Waals surface area (Å²) in [5.74, 6) is 1.40. The summed E-state index contributed by atoms with van der Waals surface area (Å²) in [6.45, 7) is 0. The lowest BCUT2D eigenvalue weighted by Gasteiger charge is -2.16. The minimum absolute atomic E-state index is 0.215. The number of hydrogen-bond donors (Lipinski definition) is 2. The fourth-order valence-corrected chi connectivity index (χ4v) is 1.78. The number of phenols is 1. The van der Waals surface area contributed by atoms with E-state index in [1.54, 1.807) is 30.5 Å². The Kier molecular flexibility index (Phi) is 2.90. The van der Waals surface area contributed by atoms with Crippen LogP contribution in [0.5, 0.6) is 5.75 Å². The number of rotatable bonds is 2. The van der Waals surface area contributed by atoms with Crippen LogP contribution in [0.15, 0.2) is 65.9 Å². The fourth-order valence-electron chi connectivity index (χ4n) is 1.78. The Morgan fingerprint density at radius 1 is 0.895 bits per heavy atom. The quantitative estimate of drug-likeness (QED) is 0.864. The van der Waals surface area contributed by atoms with Gasteiger partial charge in [-0.3, -0.25) is 5.43 Å². The number of hydrogen-bond acceptors (Lipinski definition) is 4. The van der Waals surface area contributed by atoms with Crippen LogP contribution in [-0.4, -0.2) is 11.0 Å². The molecule has 0 radical (unpaired) electrons. The zero-order valence-electron chi connectivity index (χ0n) is 10.1. The number of aromatic hydroxyl groups is 1. The molecule has 2 aromatic carbocycles. The molecule has 4 nitrogen and oxygen atoms in total. The highest BCUT2D eigenvalue weighted by molar-refractivity contribution is 5.98. The highest BCUT2D eigenvalue weighted by Gasteiger charge is 2.13. The molecule has 3 rings (SSSR count). The number of hydrazone groups is 1. The van der Waals surface area contributed by atoms with Gasteiger partial charge in [-0.25, -0.2) is 0 Å². The third kappa shape index (κ3) is 2.42. The molecule has 19 heavy (non-hydrogen) atoms. The first kappa shape index (κ1) is 11.3. The minimum Gasteiger partial charge on any atom is -0.508 e. The molecule has 0 fully saturated rings. The Labute approximate surface area is 110 Å². The van der Waals surface area contributed by atoms with Crippen molar-refractivity contribution in [3.8, 4) is 5.75 Å². The van der Waals surface area contributed by atoms with E-state index >= 15 is 0 Å². The van der Waals surface area contributed by atoms with Gasteiger partial charge in [0.1, 0.15) is 5.75 Å². The predicted octanol–water partition coefficient (Wildman–Crippen LogP) is 2.67. The van der Waals surface area contributed by atoms with Gasteiger partial charge in [0.05, 0.1) is 6.20 Å². The maximum atomic E-state index is 9.28. The third-order valence-electron chi connectivity index (χ3n) is 2.74. The summed E-state index contributed by atoms with van der Waals surface area (Å²) in [4.78, 5) is 0. The molecule has 1 aliphatic rings. The van der Waals surface area contributed by atoms with Gasteiger partial charge in [-0.2, -0.15) is 0 Å². The molecular weight excluding hydrogens is 240 g/mol. The van der Waals surface area contributed by atoms with Crippen LogP contribution in [-0.2, 0) is 4.74 Å². The van der Waals surface area contributed by atoms with E-state index in [9.17, 15) is 5.11 Å². The van der Waals surface area contributed by atoms with Gasteiger partial charge >= 0.3 is 0 Å². The van der Waals surface area contributed by atoms with Crippen molar-refractivity contribution in [2.45, 2.75) is 0 Å². The lowest BCUT2D eigenvalue weighted by Crippen LogP contribution is -2.16. The molecule has 0 saturated carbocycles. The molecule has 0 amide bonds. The van der Waals surface area contributed by atoms with Crippen molar-refractivity contribution in [3.05, 3.63) is 71.9 Å². The summed E-state index contributed by atoms with van der Waals surface area (Å²) in [7, 11) is 0. The molecule has 1 heterocycles. The summed E-state index contributed by atoms with van der Waals surface area (Å²) in [6, 6.07) is 16.5. The smallest absolute Gasteiger partial charge is 0.243 e. The number of nitrogens with one attached hydrogen (secondary N) is 1. The van der Waals surface area contributed by atoms with Crippen molar-refractivity contribution < 1.29 is 9.84 Å². The fraction of sp³-hybridized carbons (Fsp3) is 0. The SMILES string of the molecule is Oc1ccc(C2=NNC=C(c3ccccc3)O2)cc1. The van der Waals surface area contributed by atoms with Crippen molar-refractivity contribution in [2.24, 2.45) is 5.10 Å². The van der Waals surface area contributed by atoms with Gasteiger partial charge in [-0.15, -0.1) is 5.10 Å². The van der Waals surface area contributed by atoms with Crippen molar-refractivity contribution in [3.63, 3.8) is 0 Å². The molecule has 1 aliphatic heterocycles. The molecule has 0 aromatic heterocycles. The van der Waals surface area contributed by atoms with Gasteiger partial charge < -0.3 is 9.84 Å². The van der Waals surface area contributed by atoms with Crippen molar-refractivity contribution in [2.75, 3.05) is 0 Å². The average molecular weight is 252 g/mol. The molecule has 2 aromatic rings. The summed E-state index contributed by atoms with van der Waals surface area (Å²) < 4.78 is 5.77. The van der Waals surface area contributed by atoms with Crippen LogP contribution in [0.2, 0.25) is 0 Å². The predicted molar refractivity (Wildman–Crippen MR) is 73.3 cm³/mol. The first-order chi connectivity index (χ1) is 9.33. The maximum absolute atomic E-state index is 9.28. The van der Waals surface area contributed by atoms with Crippen LogP contribution in [0.4, 0.5) is 0 Å². The van der Waals surface area contributed by atoms with Crippen LogP contribution < -0.4 is 5.43 Å². The normalized spacial score (nSPS) is 13.9. The van der Waals surface area contributed by atoms with E-state index in [-0.39, 0.29) is 5.75 Å². The molecule has 0 spiro atoms. The molecular formula is C15H12N2O2. The summed E-state index contributed by atoms with van der Waals surface area (Å²) in [6.07, 6.45) is 1.71. The van der Waals surface area contributed by atoms with Crippen molar-refractivity contribution in [1.82, 2.24) is 5.43 Å². The first-order valence-corrected chi connectivity index (χ1v) is 5.89.